The van der Waals surface area contributed by atoms with Crippen molar-refractivity contribution in [1.82, 2.24) is 4.90 Å². The maximum atomic E-state index is 12.6. The molecule has 2 aromatic rings. The van der Waals surface area contributed by atoms with Crippen LogP contribution in [0.15, 0.2) is 41.3 Å². The summed E-state index contributed by atoms with van der Waals surface area (Å²) in [6, 6.07) is 9.72. The van der Waals surface area contributed by atoms with Gasteiger partial charge >= 0.3 is 0 Å². The summed E-state index contributed by atoms with van der Waals surface area (Å²) in [6.45, 7) is 2.32. The van der Waals surface area contributed by atoms with E-state index in [4.69, 9.17) is 27.9 Å². The highest BCUT2D eigenvalue weighted by Gasteiger charge is 2.35. The smallest absolute Gasteiger partial charge is 0.293 e. The van der Waals surface area contributed by atoms with Gasteiger partial charge in [0.15, 0.2) is 11.5 Å². The Bertz CT molecular complexity index is 945. The average molecular weight is 424 g/mol. The number of halogens is 2. The predicted octanol–water partition coefficient (Wildman–Crippen LogP) is 5.33. The molecule has 0 spiro atoms. The Labute approximate surface area is 170 Å². The van der Waals surface area contributed by atoms with Crippen LogP contribution >= 0.6 is 35.0 Å². The number of carbonyl (C=O) groups excluding carboxylic acids is 2. The SMILES string of the molecule is CCOc1cc(/C=C2/SC(=O)N(Cc3ccc(Cl)c(Cl)c3)C2=O)ccc1O. The number of amides is 2. The number of hydrogen-bond acceptors (Lipinski definition) is 5. The first-order valence-corrected chi connectivity index (χ1v) is 9.61. The van der Waals surface area contributed by atoms with Crippen molar-refractivity contribution in [2.75, 3.05) is 6.61 Å². The van der Waals surface area contributed by atoms with Gasteiger partial charge in [-0.15, -0.1) is 0 Å². The largest absolute Gasteiger partial charge is 0.504 e. The Balaban J connectivity index is 1.82. The second kappa shape index (κ2) is 8.25. The number of phenols is 1. The van der Waals surface area contributed by atoms with E-state index in [1.165, 1.54) is 6.07 Å². The molecule has 1 aliphatic heterocycles. The van der Waals surface area contributed by atoms with Crippen LogP contribution in [0.3, 0.4) is 0 Å². The lowest BCUT2D eigenvalue weighted by Gasteiger charge is -2.13. The second-order valence-electron chi connectivity index (χ2n) is 5.68. The summed E-state index contributed by atoms with van der Waals surface area (Å²) in [5, 5.41) is 10.2. The lowest BCUT2D eigenvalue weighted by molar-refractivity contribution is -0.123. The molecule has 1 fully saturated rings. The summed E-state index contributed by atoms with van der Waals surface area (Å²) >= 11 is 12.7. The van der Waals surface area contributed by atoms with Gasteiger partial charge in [-0.3, -0.25) is 14.5 Å². The normalized spacial score (nSPS) is 15.7. The molecular weight excluding hydrogens is 409 g/mol. The molecule has 0 radical (unpaired) electrons. The van der Waals surface area contributed by atoms with E-state index in [-0.39, 0.29) is 23.4 Å². The van der Waals surface area contributed by atoms with Gasteiger partial charge in [-0.1, -0.05) is 35.3 Å². The highest BCUT2D eigenvalue weighted by molar-refractivity contribution is 8.18. The van der Waals surface area contributed by atoms with Crippen LogP contribution < -0.4 is 4.74 Å². The molecule has 8 heteroatoms. The highest BCUT2D eigenvalue weighted by Crippen LogP contribution is 2.35. The summed E-state index contributed by atoms with van der Waals surface area (Å²) in [5.41, 5.74) is 1.35. The molecule has 0 aromatic heterocycles. The minimum atomic E-state index is -0.387. The number of phenolic OH excluding ortho intramolecular Hbond substituents is 1. The monoisotopic (exact) mass is 423 g/mol. The topological polar surface area (TPSA) is 66.8 Å². The van der Waals surface area contributed by atoms with Crippen LogP contribution in [0.2, 0.25) is 10.0 Å². The molecule has 0 aliphatic carbocycles. The van der Waals surface area contributed by atoms with E-state index >= 15 is 0 Å². The van der Waals surface area contributed by atoms with Crippen molar-refractivity contribution in [3.8, 4) is 11.5 Å². The third kappa shape index (κ3) is 4.40. The maximum absolute atomic E-state index is 12.6. The molecule has 0 atom stereocenters. The zero-order valence-corrected chi connectivity index (χ0v) is 16.6. The maximum Gasteiger partial charge on any atom is 0.293 e. The molecular formula is C19H15Cl2NO4S. The molecule has 140 valence electrons. The van der Waals surface area contributed by atoms with Crippen LogP contribution in [-0.2, 0) is 11.3 Å². The van der Waals surface area contributed by atoms with Gasteiger partial charge in [-0.25, -0.2) is 0 Å². The zero-order chi connectivity index (χ0) is 19.6. The van der Waals surface area contributed by atoms with Crippen LogP contribution in [0.4, 0.5) is 4.79 Å². The number of hydrogen-bond donors (Lipinski definition) is 1. The van der Waals surface area contributed by atoms with Crippen molar-refractivity contribution < 1.29 is 19.4 Å². The Morgan fingerprint density at radius 1 is 1.15 bits per heavy atom. The van der Waals surface area contributed by atoms with Gasteiger partial charge in [0.25, 0.3) is 11.1 Å². The van der Waals surface area contributed by atoms with Crippen LogP contribution in [-0.4, -0.2) is 27.8 Å². The minimum Gasteiger partial charge on any atom is -0.504 e. The van der Waals surface area contributed by atoms with E-state index in [1.54, 1.807) is 43.3 Å². The van der Waals surface area contributed by atoms with Gasteiger partial charge in [0.05, 0.1) is 28.1 Å². The van der Waals surface area contributed by atoms with Gasteiger partial charge < -0.3 is 9.84 Å². The van der Waals surface area contributed by atoms with Crippen molar-refractivity contribution in [2.24, 2.45) is 0 Å². The van der Waals surface area contributed by atoms with E-state index in [0.717, 1.165) is 16.7 Å². The van der Waals surface area contributed by atoms with Crippen LogP contribution in [0, 0.1) is 0 Å². The first-order chi connectivity index (χ1) is 12.9. The van der Waals surface area contributed by atoms with Gasteiger partial charge in [0.1, 0.15) is 0 Å². The molecule has 27 heavy (non-hydrogen) atoms. The zero-order valence-electron chi connectivity index (χ0n) is 14.2. The number of imide groups is 1. The van der Waals surface area contributed by atoms with Crippen molar-refractivity contribution in [3.63, 3.8) is 0 Å². The first kappa shape index (κ1) is 19.6. The predicted molar refractivity (Wildman–Crippen MR) is 107 cm³/mol. The van der Waals surface area contributed by atoms with Crippen LogP contribution in [0.5, 0.6) is 11.5 Å². The Kier molecular flexibility index (Phi) is 5.99. The average Bonchev–Trinajstić information content (AvgIpc) is 2.88. The van der Waals surface area contributed by atoms with Gasteiger partial charge in [0, 0.05) is 0 Å². The molecule has 0 saturated carbocycles. The molecule has 1 heterocycles. The fraction of sp³-hybridized carbons (Fsp3) is 0.158. The Morgan fingerprint density at radius 3 is 2.63 bits per heavy atom. The number of benzene rings is 2. The fourth-order valence-electron chi connectivity index (χ4n) is 2.50. The number of carbonyl (C=O) groups is 2. The van der Waals surface area contributed by atoms with Crippen molar-refractivity contribution >= 4 is 52.2 Å². The third-order valence-electron chi connectivity index (χ3n) is 3.78. The highest BCUT2D eigenvalue weighted by atomic mass is 35.5. The van der Waals surface area contributed by atoms with E-state index < -0.39 is 0 Å². The number of aromatic hydroxyl groups is 1. The summed E-state index contributed by atoms with van der Waals surface area (Å²) in [6.07, 6.45) is 1.60. The quantitative estimate of drug-likeness (QED) is 0.657. The fourth-order valence-corrected chi connectivity index (χ4v) is 3.66. The Hall–Kier alpha value is -2.15. The third-order valence-corrected chi connectivity index (χ3v) is 5.43. The number of thioether (sulfide) groups is 1. The number of ether oxygens (including phenoxy) is 1. The van der Waals surface area contributed by atoms with E-state index in [0.29, 0.717) is 38.4 Å². The molecule has 2 amide bonds. The van der Waals surface area contributed by atoms with E-state index in [9.17, 15) is 14.7 Å². The Morgan fingerprint density at radius 2 is 1.93 bits per heavy atom. The molecule has 2 aromatic carbocycles. The summed E-state index contributed by atoms with van der Waals surface area (Å²) in [7, 11) is 0. The van der Waals surface area contributed by atoms with Crippen LogP contribution in [0.1, 0.15) is 18.1 Å². The lowest BCUT2D eigenvalue weighted by atomic mass is 10.1. The standard InChI is InChI=1S/C19H15Cl2NO4S/c1-2-26-16-8-11(4-6-15(16)23)9-17-18(24)22(19(25)27-17)10-12-3-5-13(20)14(21)7-12/h3-9,23H,2,10H2,1H3/b17-9+. The van der Waals surface area contributed by atoms with Gasteiger partial charge in [-0.2, -0.15) is 0 Å². The molecule has 1 aliphatic rings. The molecule has 0 unspecified atom stereocenters. The lowest BCUT2D eigenvalue weighted by Crippen LogP contribution is -2.27. The van der Waals surface area contributed by atoms with E-state index in [1.807, 2.05) is 0 Å². The van der Waals surface area contributed by atoms with Gasteiger partial charge in [0.2, 0.25) is 0 Å². The summed E-state index contributed by atoms with van der Waals surface area (Å²) in [5.74, 6) is -0.0508. The van der Waals surface area contributed by atoms with Crippen molar-refractivity contribution in [1.29, 1.82) is 0 Å². The molecule has 3 rings (SSSR count). The molecule has 5 nitrogen and oxygen atoms in total. The van der Waals surface area contributed by atoms with E-state index in [2.05, 4.69) is 0 Å². The summed E-state index contributed by atoms with van der Waals surface area (Å²) < 4.78 is 5.34. The molecule has 1 N–H and O–H groups in total. The van der Waals surface area contributed by atoms with Gasteiger partial charge in [-0.05, 0) is 60.2 Å². The molecule has 0 bridgehead atoms. The first-order valence-electron chi connectivity index (χ1n) is 8.04. The number of rotatable bonds is 5. The minimum absolute atomic E-state index is 0.0155. The molecule has 1 saturated heterocycles. The van der Waals surface area contributed by atoms with Crippen LogP contribution in [0.25, 0.3) is 6.08 Å². The van der Waals surface area contributed by atoms with Crippen molar-refractivity contribution in [2.45, 2.75) is 13.5 Å². The van der Waals surface area contributed by atoms with Crippen molar-refractivity contribution in [3.05, 3.63) is 62.5 Å². The second-order valence-corrected chi connectivity index (χ2v) is 7.48. The summed E-state index contributed by atoms with van der Waals surface area (Å²) in [4.78, 5) is 26.4. The number of nitrogens with zero attached hydrogens (tertiary/aromatic N) is 1.